The molecule has 0 saturated heterocycles. The van der Waals surface area contributed by atoms with Crippen molar-refractivity contribution in [2.24, 2.45) is 0 Å². The number of aromatic nitrogens is 3. The van der Waals surface area contributed by atoms with Crippen LogP contribution in [-0.2, 0) is 0 Å². The first kappa shape index (κ1) is 12.0. The molecule has 0 unspecified atom stereocenters. The molecule has 2 heterocycles. The lowest BCUT2D eigenvalue weighted by Gasteiger charge is -2.35. The van der Waals surface area contributed by atoms with Crippen molar-refractivity contribution in [2.45, 2.75) is 44.6 Å². The van der Waals surface area contributed by atoms with Crippen molar-refractivity contribution in [1.82, 2.24) is 14.4 Å². The molecule has 0 atom stereocenters. The van der Waals surface area contributed by atoms with E-state index in [0.29, 0.717) is 0 Å². The van der Waals surface area contributed by atoms with Crippen molar-refractivity contribution in [3.8, 4) is 0 Å². The highest BCUT2D eigenvalue weighted by atomic mass is 79.9. The van der Waals surface area contributed by atoms with Gasteiger partial charge in [-0.05, 0) is 35.7 Å². The van der Waals surface area contributed by atoms with E-state index in [2.05, 4.69) is 38.1 Å². The van der Waals surface area contributed by atoms with Gasteiger partial charge < -0.3 is 9.72 Å². The van der Waals surface area contributed by atoms with Crippen LogP contribution in [0.5, 0.6) is 0 Å². The van der Waals surface area contributed by atoms with Crippen LogP contribution in [0.25, 0.3) is 5.65 Å². The van der Waals surface area contributed by atoms with E-state index in [0.717, 1.165) is 16.1 Å². The molecule has 2 aromatic heterocycles. The summed E-state index contributed by atoms with van der Waals surface area (Å²) in [7, 11) is 0. The first-order chi connectivity index (χ1) is 8.66. The van der Waals surface area contributed by atoms with Gasteiger partial charge in [0, 0.05) is 24.1 Å². The summed E-state index contributed by atoms with van der Waals surface area (Å²) in [5, 5.41) is 3.60. The summed E-state index contributed by atoms with van der Waals surface area (Å²) in [6, 6.07) is 0. The van der Waals surface area contributed by atoms with E-state index >= 15 is 0 Å². The lowest BCUT2D eigenvalue weighted by atomic mass is 9.83. The maximum atomic E-state index is 4.54. The largest absolute Gasteiger partial charge is 0.362 e. The quantitative estimate of drug-likeness (QED) is 0.921. The summed E-state index contributed by atoms with van der Waals surface area (Å²) in [5.41, 5.74) is 1.04. The van der Waals surface area contributed by atoms with Gasteiger partial charge in [0.15, 0.2) is 11.5 Å². The van der Waals surface area contributed by atoms with Crippen molar-refractivity contribution in [1.29, 1.82) is 0 Å². The Morgan fingerprint density at radius 3 is 2.89 bits per heavy atom. The molecule has 0 spiro atoms. The number of hydrogen-bond donors (Lipinski definition) is 1. The minimum absolute atomic E-state index is 0.151. The summed E-state index contributed by atoms with van der Waals surface area (Å²) in [4.78, 5) is 8.91. The van der Waals surface area contributed by atoms with Crippen LogP contribution in [0.15, 0.2) is 23.2 Å². The Hall–Kier alpha value is -1.10. The summed E-state index contributed by atoms with van der Waals surface area (Å²) in [6.07, 6.45) is 12.0. The first-order valence-electron chi connectivity index (χ1n) is 6.44. The molecule has 0 aliphatic heterocycles. The molecule has 0 radical (unpaired) electrons. The molecule has 1 aliphatic carbocycles. The zero-order valence-electron chi connectivity index (χ0n) is 10.5. The number of imidazole rings is 1. The molecule has 2 aromatic rings. The maximum absolute atomic E-state index is 4.54. The van der Waals surface area contributed by atoms with Crippen LogP contribution >= 0.6 is 15.9 Å². The average Bonchev–Trinajstić information content (AvgIpc) is 2.77. The summed E-state index contributed by atoms with van der Waals surface area (Å²) in [5.74, 6) is 0.874. The SMILES string of the molecule is CC1(Nc2nc(Br)cn3ccnc23)CCCCC1. The second kappa shape index (κ2) is 4.53. The van der Waals surface area contributed by atoms with Crippen LogP contribution < -0.4 is 5.32 Å². The Morgan fingerprint density at radius 1 is 1.33 bits per heavy atom. The zero-order chi connectivity index (χ0) is 12.6. The highest BCUT2D eigenvalue weighted by Gasteiger charge is 2.27. The van der Waals surface area contributed by atoms with Gasteiger partial charge in [-0.25, -0.2) is 9.97 Å². The molecule has 1 N–H and O–H groups in total. The number of nitrogens with zero attached hydrogens (tertiary/aromatic N) is 3. The lowest BCUT2D eigenvalue weighted by molar-refractivity contribution is 0.348. The summed E-state index contributed by atoms with van der Waals surface area (Å²) < 4.78 is 2.82. The van der Waals surface area contributed by atoms with Crippen molar-refractivity contribution >= 4 is 27.4 Å². The first-order valence-corrected chi connectivity index (χ1v) is 7.23. The van der Waals surface area contributed by atoms with Crippen LogP contribution in [0.2, 0.25) is 0 Å². The van der Waals surface area contributed by atoms with E-state index < -0.39 is 0 Å². The highest BCUT2D eigenvalue weighted by Crippen LogP contribution is 2.32. The number of halogens is 1. The predicted octanol–water partition coefficient (Wildman–Crippen LogP) is 3.63. The number of hydrogen-bond acceptors (Lipinski definition) is 3. The second-order valence-corrected chi connectivity index (χ2v) is 6.13. The van der Waals surface area contributed by atoms with Gasteiger partial charge in [0.2, 0.25) is 0 Å². The minimum Gasteiger partial charge on any atom is -0.362 e. The number of rotatable bonds is 2. The molecule has 96 valence electrons. The van der Waals surface area contributed by atoms with E-state index in [1.54, 1.807) is 6.20 Å². The summed E-state index contributed by atoms with van der Waals surface area (Å²) in [6.45, 7) is 2.29. The Kier molecular flexibility index (Phi) is 3.01. The Labute approximate surface area is 115 Å². The van der Waals surface area contributed by atoms with Gasteiger partial charge in [-0.1, -0.05) is 19.3 Å². The fraction of sp³-hybridized carbons (Fsp3) is 0.538. The van der Waals surface area contributed by atoms with Gasteiger partial charge >= 0.3 is 0 Å². The van der Waals surface area contributed by atoms with Gasteiger partial charge in [-0.15, -0.1) is 0 Å². The third kappa shape index (κ3) is 2.23. The molecule has 1 fully saturated rings. The molecule has 0 bridgehead atoms. The summed E-state index contributed by atoms with van der Waals surface area (Å²) >= 11 is 3.45. The standard InChI is InChI=1S/C13H17BrN4/c1-13(5-3-2-4-6-13)17-11-12-15-7-8-18(12)9-10(14)16-11/h7-9H,2-6H2,1H3,(H,16,17). The third-order valence-electron chi connectivity index (χ3n) is 3.72. The minimum atomic E-state index is 0.151. The monoisotopic (exact) mass is 308 g/mol. The molecule has 4 nitrogen and oxygen atoms in total. The van der Waals surface area contributed by atoms with Gasteiger partial charge in [0.1, 0.15) is 4.60 Å². The molecule has 3 rings (SSSR count). The molecule has 0 amide bonds. The lowest BCUT2D eigenvalue weighted by Crippen LogP contribution is -2.37. The fourth-order valence-corrected chi connectivity index (χ4v) is 3.13. The van der Waals surface area contributed by atoms with Gasteiger partial charge in [-0.3, -0.25) is 0 Å². The smallest absolute Gasteiger partial charge is 0.180 e. The van der Waals surface area contributed by atoms with Crippen molar-refractivity contribution < 1.29 is 0 Å². The molecule has 0 aromatic carbocycles. The van der Waals surface area contributed by atoms with Crippen LogP contribution in [0.1, 0.15) is 39.0 Å². The second-order valence-electron chi connectivity index (χ2n) is 5.32. The number of fused-ring (bicyclic) bond motifs is 1. The van der Waals surface area contributed by atoms with Crippen molar-refractivity contribution in [3.63, 3.8) is 0 Å². The van der Waals surface area contributed by atoms with Crippen molar-refractivity contribution in [3.05, 3.63) is 23.2 Å². The van der Waals surface area contributed by atoms with E-state index in [1.165, 1.54) is 32.1 Å². The normalized spacial score (nSPS) is 19.0. The van der Waals surface area contributed by atoms with Crippen LogP contribution in [0, 0.1) is 0 Å². The Balaban J connectivity index is 1.96. The van der Waals surface area contributed by atoms with Crippen LogP contribution in [0.3, 0.4) is 0 Å². The molecular formula is C13H17BrN4. The topological polar surface area (TPSA) is 42.2 Å². The van der Waals surface area contributed by atoms with Crippen LogP contribution in [-0.4, -0.2) is 19.9 Å². The zero-order valence-corrected chi connectivity index (χ0v) is 12.1. The maximum Gasteiger partial charge on any atom is 0.180 e. The van der Waals surface area contributed by atoms with E-state index in [1.807, 2.05) is 16.8 Å². The molecule has 1 saturated carbocycles. The number of anilines is 1. The molecule has 5 heteroatoms. The fourth-order valence-electron chi connectivity index (χ4n) is 2.73. The molecular weight excluding hydrogens is 292 g/mol. The Bertz CT molecular complexity index is 557. The van der Waals surface area contributed by atoms with Gasteiger partial charge in [0.25, 0.3) is 0 Å². The average molecular weight is 309 g/mol. The predicted molar refractivity (Wildman–Crippen MR) is 75.8 cm³/mol. The molecule has 1 aliphatic rings. The number of nitrogens with one attached hydrogen (secondary N) is 1. The van der Waals surface area contributed by atoms with Crippen molar-refractivity contribution in [2.75, 3.05) is 5.32 Å². The van der Waals surface area contributed by atoms with Gasteiger partial charge in [-0.2, -0.15) is 0 Å². The third-order valence-corrected chi connectivity index (χ3v) is 4.10. The Morgan fingerprint density at radius 2 is 2.11 bits per heavy atom. The van der Waals surface area contributed by atoms with E-state index in [4.69, 9.17) is 0 Å². The highest BCUT2D eigenvalue weighted by molar-refractivity contribution is 9.10. The van der Waals surface area contributed by atoms with E-state index in [9.17, 15) is 0 Å². The van der Waals surface area contributed by atoms with Crippen LogP contribution in [0.4, 0.5) is 5.82 Å². The van der Waals surface area contributed by atoms with Gasteiger partial charge in [0.05, 0.1) is 0 Å². The van der Waals surface area contributed by atoms with E-state index in [-0.39, 0.29) is 5.54 Å². The molecule has 18 heavy (non-hydrogen) atoms.